The first-order chi connectivity index (χ1) is 30.5. The highest BCUT2D eigenvalue weighted by molar-refractivity contribution is 5.69. The number of hydrogen-bond donors (Lipinski definition) is 0. The lowest BCUT2D eigenvalue weighted by atomic mass is 9.78. The monoisotopic (exact) mass is 862 g/mol. The van der Waals surface area contributed by atoms with Gasteiger partial charge in [-0.25, -0.2) is 0 Å². The smallest absolute Gasteiger partial charge is 0.305 e. The predicted octanol–water partition coefficient (Wildman–Crippen LogP) is 19.3. The molecule has 0 aliphatic rings. The van der Waals surface area contributed by atoms with Gasteiger partial charge < -0.3 is 9.64 Å². The fourth-order valence-electron chi connectivity index (χ4n) is 8.51. The van der Waals surface area contributed by atoms with E-state index in [-0.39, 0.29) is 11.4 Å². The Morgan fingerprint density at radius 2 is 0.677 bits per heavy atom. The number of hydrogen-bond acceptors (Lipinski definition) is 3. The Hall–Kier alpha value is -2.13. The van der Waals surface area contributed by atoms with Crippen molar-refractivity contribution >= 4 is 5.97 Å². The summed E-state index contributed by atoms with van der Waals surface area (Å²) in [5, 5.41) is 0. The van der Waals surface area contributed by atoms with Crippen LogP contribution in [0.1, 0.15) is 265 Å². The van der Waals surface area contributed by atoms with Crippen LogP contribution in [0.2, 0.25) is 0 Å². The Kier molecular flexibility index (Phi) is 48.2. The molecule has 360 valence electrons. The number of nitrogens with zero attached hydrogens (tertiary/aromatic N) is 1. The van der Waals surface area contributed by atoms with E-state index in [1.165, 1.54) is 193 Å². The molecule has 62 heavy (non-hydrogen) atoms. The van der Waals surface area contributed by atoms with Gasteiger partial charge in [0.05, 0.1) is 6.61 Å². The van der Waals surface area contributed by atoms with E-state index < -0.39 is 0 Å². The Labute approximate surface area is 389 Å². The molecule has 0 N–H and O–H groups in total. The van der Waals surface area contributed by atoms with Crippen LogP contribution in [0.4, 0.5) is 0 Å². The maximum atomic E-state index is 13.1. The molecule has 0 amide bonds. The molecule has 0 aliphatic carbocycles. The minimum absolute atomic E-state index is 0.0212. The van der Waals surface area contributed by atoms with Gasteiger partial charge in [0.2, 0.25) is 0 Å². The van der Waals surface area contributed by atoms with Crippen molar-refractivity contribution in [1.29, 1.82) is 0 Å². The maximum absolute atomic E-state index is 13.1. The molecule has 0 saturated heterocycles. The molecule has 0 unspecified atom stereocenters. The van der Waals surface area contributed by atoms with Gasteiger partial charge >= 0.3 is 5.97 Å². The third-order valence-electron chi connectivity index (χ3n) is 12.3. The number of rotatable bonds is 48. The Balaban J connectivity index is 4.71. The molecule has 0 atom stereocenters. The molecular weight excluding hydrogens is 755 g/mol. The largest absolute Gasteiger partial charge is 0.465 e. The van der Waals surface area contributed by atoms with Crippen molar-refractivity contribution in [1.82, 2.24) is 4.90 Å². The Morgan fingerprint density at radius 1 is 0.387 bits per heavy atom. The van der Waals surface area contributed by atoms with Gasteiger partial charge in [-0.2, -0.15) is 0 Å². The van der Waals surface area contributed by atoms with Crippen LogP contribution < -0.4 is 0 Å². The lowest BCUT2D eigenvalue weighted by Gasteiger charge is -2.36. The van der Waals surface area contributed by atoms with Crippen LogP contribution in [0.15, 0.2) is 72.9 Å². The van der Waals surface area contributed by atoms with Gasteiger partial charge in [-0.3, -0.25) is 4.79 Å². The van der Waals surface area contributed by atoms with Crippen molar-refractivity contribution in [3.8, 4) is 0 Å². The third kappa shape index (κ3) is 45.9. The van der Waals surface area contributed by atoms with Crippen molar-refractivity contribution in [3.05, 3.63) is 72.9 Å². The molecule has 0 fully saturated rings. The molecule has 0 saturated carbocycles. The second kappa shape index (κ2) is 49.9. The van der Waals surface area contributed by atoms with Crippen LogP contribution in [0.25, 0.3) is 0 Å². The minimum atomic E-state index is 0.0212. The second-order valence-corrected chi connectivity index (χ2v) is 19.0. The van der Waals surface area contributed by atoms with Crippen LogP contribution >= 0.6 is 0 Å². The molecule has 0 aromatic carbocycles. The van der Waals surface area contributed by atoms with Crippen molar-refractivity contribution < 1.29 is 9.53 Å². The van der Waals surface area contributed by atoms with Gasteiger partial charge in [-0.15, -0.1) is 0 Å². The standard InChI is InChI=1S/C59H107NO2/c1-6-9-12-15-18-21-24-27-30-33-36-39-42-45-48-51-54-59(56-60(4)5,55-52-49-46-43-40-37-34-31-28-25-22-19-16-13-10-7-2)57-62-58(61)53-50-47-44-41-38-35-32-29-26-23-20-17-14-11-8-3/h18-23,27-32H,6-17,24-26,33-57H2,1-5H3/b21-18-,22-19-,23-20+,30-27-,31-28-,32-29+. The first kappa shape index (κ1) is 59.9. The summed E-state index contributed by atoms with van der Waals surface area (Å²) in [5.74, 6) is 0.0212. The van der Waals surface area contributed by atoms with Crippen molar-refractivity contribution in [2.24, 2.45) is 5.41 Å². The highest BCUT2D eigenvalue weighted by Crippen LogP contribution is 2.34. The fraction of sp³-hybridized carbons (Fsp3) is 0.780. The van der Waals surface area contributed by atoms with Crippen LogP contribution in [0, 0.1) is 5.41 Å². The number of ether oxygens (including phenoxy) is 1. The molecule has 0 spiro atoms. The average Bonchev–Trinajstić information content (AvgIpc) is 3.26. The zero-order valence-corrected chi connectivity index (χ0v) is 42.5. The molecule has 0 heterocycles. The van der Waals surface area contributed by atoms with Gasteiger partial charge in [0.1, 0.15) is 0 Å². The Morgan fingerprint density at radius 3 is 1.00 bits per heavy atom. The summed E-state index contributed by atoms with van der Waals surface area (Å²) < 4.78 is 6.18. The minimum Gasteiger partial charge on any atom is -0.465 e. The van der Waals surface area contributed by atoms with Crippen molar-refractivity contribution in [2.75, 3.05) is 27.2 Å². The number of esters is 1. The second-order valence-electron chi connectivity index (χ2n) is 19.0. The summed E-state index contributed by atoms with van der Waals surface area (Å²) in [5.41, 5.74) is 0.0575. The zero-order chi connectivity index (χ0) is 45.1. The highest BCUT2D eigenvalue weighted by atomic mass is 16.5. The lowest BCUT2D eigenvalue weighted by Crippen LogP contribution is -2.38. The topological polar surface area (TPSA) is 29.5 Å². The van der Waals surface area contributed by atoms with Crippen LogP contribution in [-0.2, 0) is 9.53 Å². The van der Waals surface area contributed by atoms with E-state index in [1.54, 1.807) is 0 Å². The van der Waals surface area contributed by atoms with E-state index in [0.717, 1.165) is 51.5 Å². The van der Waals surface area contributed by atoms with E-state index in [0.29, 0.717) is 13.0 Å². The number of carbonyl (C=O) groups is 1. The summed E-state index contributed by atoms with van der Waals surface area (Å²) in [7, 11) is 4.41. The van der Waals surface area contributed by atoms with Gasteiger partial charge in [0.25, 0.3) is 0 Å². The first-order valence-electron chi connectivity index (χ1n) is 27.2. The molecule has 0 rings (SSSR count). The number of carbonyl (C=O) groups excluding carboxylic acids is 1. The summed E-state index contributed by atoms with van der Waals surface area (Å²) in [6.45, 7) is 8.39. The predicted molar refractivity (Wildman–Crippen MR) is 279 cm³/mol. The molecule has 3 heteroatoms. The van der Waals surface area contributed by atoms with Crippen LogP contribution in [0.5, 0.6) is 0 Å². The van der Waals surface area contributed by atoms with Gasteiger partial charge in [-0.1, -0.05) is 216 Å². The van der Waals surface area contributed by atoms with Gasteiger partial charge in [0, 0.05) is 18.4 Å². The van der Waals surface area contributed by atoms with E-state index >= 15 is 0 Å². The third-order valence-corrected chi connectivity index (χ3v) is 12.3. The zero-order valence-electron chi connectivity index (χ0n) is 42.5. The van der Waals surface area contributed by atoms with E-state index in [9.17, 15) is 4.79 Å². The maximum Gasteiger partial charge on any atom is 0.305 e. The molecule has 0 aromatic heterocycles. The highest BCUT2D eigenvalue weighted by Gasteiger charge is 2.32. The van der Waals surface area contributed by atoms with E-state index in [4.69, 9.17) is 4.74 Å². The quantitative estimate of drug-likeness (QED) is 0.0347. The molecular formula is C59H107NO2. The first-order valence-corrected chi connectivity index (χ1v) is 27.2. The molecule has 0 radical (unpaired) electrons. The molecule has 0 aromatic rings. The van der Waals surface area contributed by atoms with Crippen molar-refractivity contribution in [2.45, 2.75) is 265 Å². The SMILES string of the molecule is CCCCC/C=C\C/C=C\CCCCCCCCC(CCCCCCCC/C=C\C/C=C\CCCCC)(COC(=O)CCCCCCC/C=C/C/C=C/CCCCC)CN(C)C. The summed E-state index contributed by atoms with van der Waals surface area (Å²) in [6.07, 6.45) is 74.9. The number of unbranched alkanes of at least 4 members (excludes halogenated alkanes) is 26. The number of allylic oxidation sites excluding steroid dienone is 12. The van der Waals surface area contributed by atoms with Crippen LogP contribution in [0.3, 0.4) is 0 Å². The van der Waals surface area contributed by atoms with Crippen LogP contribution in [-0.4, -0.2) is 38.1 Å². The fourth-order valence-corrected chi connectivity index (χ4v) is 8.51. The average molecular weight is 863 g/mol. The van der Waals surface area contributed by atoms with Gasteiger partial charge in [-0.05, 0) is 130 Å². The van der Waals surface area contributed by atoms with E-state index in [2.05, 4.69) is 113 Å². The molecule has 0 aliphatic heterocycles. The van der Waals surface area contributed by atoms with Crippen molar-refractivity contribution in [3.63, 3.8) is 0 Å². The normalized spacial score (nSPS) is 12.7. The summed E-state index contributed by atoms with van der Waals surface area (Å²) in [6, 6.07) is 0. The lowest BCUT2D eigenvalue weighted by molar-refractivity contribution is -0.148. The molecule has 3 nitrogen and oxygen atoms in total. The summed E-state index contributed by atoms with van der Waals surface area (Å²) in [4.78, 5) is 15.4. The van der Waals surface area contributed by atoms with E-state index in [1.807, 2.05) is 0 Å². The van der Waals surface area contributed by atoms with Gasteiger partial charge in [0.15, 0.2) is 0 Å². The Bertz CT molecular complexity index is 1050. The summed E-state index contributed by atoms with van der Waals surface area (Å²) >= 11 is 0. The molecule has 0 bridgehead atoms.